The van der Waals surface area contributed by atoms with Gasteiger partial charge >= 0.3 is 0 Å². The van der Waals surface area contributed by atoms with Crippen molar-refractivity contribution in [3.63, 3.8) is 0 Å². The van der Waals surface area contributed by atoms with Gasteiger partial charge in [-0.25, -0.2) is 0 Å². The molecular formula is C15H29N3O. The number of piperidine rings is 1. The summed E-state index contributed by atoms with van der Waals surface area (Å²) in [5, 5.41) is 3.20. The number of nitrogens with one attached hydrogen (secondary N) is 1. The normalized spacial score (nSPS) is 25.2. The van der Waals surface area contributed by atoms with Gasteiger partial charge in [0.1, 0.15) is 0 Å². The summed E-state index contributed by atoms with van der Waals surface area (Å²) in [7, 11) is 0. The first-order chi connectivity index (χ1) is 9.16. The number of nitrogens with zero attached hydrogens (tertiary/aromatic N) is 1. The Morgan fingerprint density at radius 1 is 1.21 bits per heavy atom. The molecule has 0 aromatic carbocycles. The lowest BCUT2D eigenvalue weighted by atomic mass is 9.85. The van der Waals surface area contributed by atoms with Crippen LogP contribution in [0.4, 0.5) is 0 Å². The lowest BCUT2D eigenvalue weighted by molar-refractivity contribution is -0.131. The first-order valence-electron chi connectivity index (χ1n) is 7.90. The van der Waals surface area contributed by atoms with Crippen LogP contribution in [0.5, 0.6) is 0 Å². The van der Waals surface area contributed by atoms with E-state index >= 15 is 0 Å². The number of hydrogen-bond donors (Lipinski definition) is 2. The smallest absolute Gasteiger partial charge is 0.227 e. The highest BCUT2D eigenvalue weighted by Gasteiger charge is 2.40. The fraction of sp³-hybridized carbons (Fsp3) is 0.933. The lowest BCUT2D eigenvalue weighted by Gasteiger charge is -2.32. The molecule has 4 nitrogen and oxygen atoms in total. The van der Waals surface area contributed by atoms with Crippen molar-refractivity contribution in [3.05, 3.63) is 0 Å². The molecule has 1 aliphatic heterocycles. The van der Waals surface area contributed by atoms with E-state index < -0.39 is 0 Å². The van der Waals surface area contributed by atoms with E-state index in [4.69, 9.17) is 5.73 Å². The van der Waals surface area contributed by atoms with Crippen molar-refractivity contribution < 1.29 is 4.79 Å². The van der Waals surface area contributed by atoms with Crippen molar-refractivity contribution in [1.29, 1.82) is 0 Å². The van der Waals surface area contributed by atoms with Gasteiger partial charge in [-0.3, -0.25) is 4.79 Å². The molecule has 2 aliphatic rings. The molecule has 1 unspecified atom stereocenters. The van der Waals surface area contributed by atoms with Gasteiger partial charge in [-0.05, 0) is 45.7 Å². The lowest BCUT2D eigenvalue weighted by Crippen LogP contribution is -2.50. The van der Waals surface area contributed by atoms with E-state index in [-0.39, 0.29) is 17.4 Å². The monoisotopic (exact) mass is 267 g/mol. The van der Waals surface area contributed by atoms with Gasteiger partial charge in [0, 0.05) is 19.1 Å². The van der Waals surface area contributed by atoms with Gasteiger partial charge in [-0.15, -0.1) is 0 Å². The molecule has 0 aromatic rings. The zero-order valence-corrected chi connectivity index (χ0v) is 12.3. The fourth-order valence-corrected chi connectivity index (χ4v) is 3.53. The van der Waals surface area contributed by atoms with Gasteiger partial charge in [-0.1, -0.05) is 19.3 Å². The van der Waals surface area contributed by atoms with Gasteiger partial charge in [0.15, 0.2) is 0 Å². The Kier molecular flexibility index (Phi) is 5.22. The quantitative estimate of drug-likeness (QED) is 0.793. The molecule has 4 heteroatoms. The van der Waals surface area contributed by atoms with Crippen molar-refractivity contribution in [2.24, 2.45) is 11.1 Å². The molecule has 1 saturated carbocycles. The molecule has 0 radical (unpaired) electrons. The Hall–Kier alpha value is -0.610. The highest BCUT2D eigenvalue weighted by atomic mass is 16.2. The van der Waals surface area contributed by atoms with Crippen LogP contribution in [-0.4, -0.2) is 43.0 Å². The third-order valence-corrected chi connectivity index (χ3v) is 4.79. The Balaban J connectivity index is 1.80. The van der Waals surface area contributed by atoms with Crippen molar-refractivity contribution in [2.45, 2.75) is 57.9 Å². The fourth-order valence-electron chi connectivity index (χ4n) is 3.53. The number of nitrogens with two attached hydrogens (primary N) is 1. The molecule has 19 heavy (non-hydrogen) atoms. The SMILES string of the molecule is CC(CN1CCCCC1)NC(=O)C1(CN)CCCC1. The number of rotatable bonds is 5. The zero-order valence-electron chi connectivity index (χ0n) is 12.3. The third-order valence-electron chi connectivity index (χ3n) is 4.79. The minimum atomic E-state index is -0.268. The molecule has 1 heterocycles. The Labute approximate surface area is 117 Å². The maximum absolute atomic E-state index is 12.4. The van der Waals surface area contributed by atoms with E-state index in [0.717, 1.165) is 32.2 Å². The van der Waals surface area contributed by atoms with Crippen molar-refractivity contribution in [2.75, 3.05) is 26.2 Å². The first kappa shape index (κ1) is 14.8. The molecule has 2 fully saturated rings. The number of carbonyl (C=O) groups excluding carboxylic acids is 1. The van der Waals surface area contributed by atoms with Crippen LogP contribution >= 0.6 is 0 Å². The van der Waals surface area contributed by atoms with E-state index in [9.17, 15) is 4.79 Å². The Morgan fingerprint density at radius 2 is 1.84 bits per heavy atom. The number of likely N-dealkylation sites (tertiary alicyclic amines) is 1. The van der Waals surface area contributed by atoms with Gasteiger partial charge in [0.25, 0.3) is 0 Å². The second-order valence-electron chi connectivity index (χ2n) is 6.43. The van der Waals surface area contributed by atoms with E-state index in [1.165, 1.54) is 32.4 Å². The molecule has 2 rings (SSSR count). The summed E-state index contributed by atoms with van der Waals surface area (Å²) in [5.41, 5.74) is 5.59. The second kappa shape index (κ2) is 6.71. The van der Waals surface area contributed by atoms with Crippen LogP contribution in [-0.2, 0) is 4.79 Å². The van der Waals surface area contributed by atoms with E-state index in [1.54, 1.807) is 0 Å². The minimum Gasteiger partial charge on any atom is -0.352 e. The number of amides is 1. The molecule has 0 spiro atoms. The zero-order chi connectivity index (χ0) is 13.7. The van der Waals surface area contributed by atoms with Gasteiger partial charge in [-0.2, -0.15) is 0 Å². The summed E-state index contributed by atoms with van der Waals surface area (Å²) in [5.74, 6) is 0.192. The second-order valence-corrected chi connectivity index (χ2v) is 6.43. The Bertz CT molecular complexity index is 294. The van der Waals surface area contributed by atoms with Crippen molar-refractivity contribution >= 4 is 5.91 Å². The van der Waals surface area contributed by atoms with Crippen LogP contribution in [0.25, 0.3) is 0 Å². The van der Waals surface area contributed by atoms with Crippen LogP contribution in [0.3, 0.4) is 0 Å². The number of carbonyl (C=O) groups is 1. The predicted octanol–water partition coefficient (Wildman–Crippen LogP) is 1.50. The van der Waals surface area contributed by atoms with Gasteiger partial charge < -0.3 is 16.0 Å². The summed E-state index contributed by atoms with van der Waals surface area (Å²) in [6.45, 7) is 5.96. The standard InChI is InChI=1S/C15H29N3O/c1-13(11-18-9-5-2-6-10-18)17-14(19)15(12-16)7-3-4-8-15/h13H,2-12,16H2,1H3,(H,17,19). The molecular weight excluding hydrogens is 238 g/mol. The number of hydrogen-bond acceptors (Lipinski definition) is 3. The van der Waals surface area contributed by atoms with E-state index in [1.807, 2.05) is 0 Å². The third kappa shape index (κ3) is 3.69. The molecule has 1 amide bonds. The molecule has 110 valence electrons. The van der Waals surface area contributed by atoms with E-state index in [0.29, 0.717) is 6.54 Å². The van der Waals surface area contributed by atoms with Crippen LogP contribution in [0.1, 0.15) is 51.9 Å². The molecule has 1 saturated heterocycles. The molecule has 1 atom stereocenters. The van der Waals surface area contributed by atoms with Crippen LogP contribution < -0.4 is 11.1 Å². The maximum atomic E-state index is 12.4. The molecule has 1 aliphatic carbocycles. The van der Waals surface area contributed by atoms with Crippen molar-refractivity contribution in [3.8, 4) is 0 Å². The molecule has 0 aromatic heterocycles. The van der Waals surface area contributed by atoms with Crippen LogP contribution in [0.2, 0.25) is 0 Å². The Morgan fingerprint density at radius 3 is 2.42 bits per heavy atom. The average Bonchev–Trinajstić information content (AvgIpc) is 2.89. The summed E-state index contributed by atoms with van der Waals surface area (Å²) < 4.78 is 0. The maximum Gasteiger partial charge on any atom is 0.227 e. The summed E-state index contributed by atoms with van der Waals surface area (Å²) in [4.78, 5) is 14.9. The molecule has 3 N–H and O–H groups in total. The first-order valence-corrected chi connectivity index (χ1v) is 7.90. The highest BCUT2D eigenvalue weighted by Crippen LogP contribution is 2.37. The summed E-state index contributed by atoms with van der Waals surface area (Å²) in [6.07, 6.45) is 8.17. The van der Waals surface area contributed by atoms with Gasteiger partial charge in [0.05, 0.1) is 5.41 Å². The average molecular weight is 267 g/mol. The summed E-state index contributed by atoms with van der Waals surface area (Å²) >= 11 is 0. The highest BCUT2D eigenvalue weighted by molar-refractivity contribution is 5.83. The van der Waals surface area contributed by atoms with Crippen LogP contribution in [0.15, 0.2) is 0 Å². The molecule has 0 bridgehead atoms. The van der Waals surface area contributed by atoms with Crippen LogP contribution in [0, 0.1) is 5.41 Å². The van der Waals surface area contributed by atoms with Crippen molar-refractivity contribution in [1.82, 2.24) is 10.2 Å². The predicted molar refractivity (Wildman–Crippen MR) is 77.9 cm³/mol. The largest absolute Gasteiger partial charge is 0.352 e. The minimum absolute atomic E-state index is 0.192. The topological polar surface area (TPSA) is 58.4 Å². The van der Waals surface area contributed by atoms with E-state index in [2.05, 4.69) is 17.1 Å². The summed E-state index contributed by atoms with van der Waals surface area (Å²) in [6, 6.07) is 0.231. The van der Waals surface area contributed by atoms with Gasteiger partial charge in [0.2, 0.25) is 5.91 Å².